The molecule has 0 spiro atoms. The fraction of sp³-hybridized carbons (Fsp3) is 0.875. The summed E-state index contributed by atoms with van der Waals surface area (Å²) in [6, 6.07) is 0. The molecule has 98 valence electrons. The predicted molar refractivity (Wildman–Crippen MR) is 54.4 cm³/mol. The molecule has 1 aliphatic rings. The molecule has 1 aliphatic heterocycles. The van der Waals surface area contributed by atoms with Gasteiger partial charge in [-0.3, -0.25) is 20.2 Å². The lowest BCUT2D eigenvalue weighted by molar-refractivity contribution is -0.506. The van der Waals surface area contributed by atoms with Crippen LogP contribution in [0.25, 0.3) is 0 Å². The van der Waals surface area contributed by atoms with Gasteiger partial charge >= 0.3 is 0 Å². The molecule has 1 fully saturated rings. The number of nitrogens with one attached hydrogen (secondary N) is 2. The highest BCUT2D eigenvalue weighted by atomic mass is 16.6. The molecule has 0 radical (unpaired) electrons. The van der Waals surface area contributed by atoms with Gasteiger partial charge in [0.1, 0.15) is 18.4 Å². The molecule has 0 saturated carbocycles. The van der Waals surface area contributed by atoms with E-state index in [4.69, 9.17) is 0 Å². The van der Waals surface area contributed by atoms with Crippen LogP contribution in [0.4, 0.5) is 0 Å². The second kappa shape index (κ2) is 4.92. The number of carbonyl (C=O) groups is 1. The predicted octanol–water partition coefficient (Wildman–Crippen LogP) is -3.22. The fourth-order valence-corrected chi connectivity index (χ4v) is 1.74. The molecule has 9 nitrogen and oxygen atoms in total. The summed E-state index contributed by atoms with van der Waals surface area (Å²) < 4.78 is 0. The van der Waals surface area contributed by atoms with E-state index in [9.17, 15) is 30.2 Å². The molecular weight excluding hydrogens is 234 g/mol. The van der Waals surface area contributed by atoms with Gasteiger partial charge in [-0.2, -0.15) is 0 Å². The van der Waals surface area contributed by atoms with Gasteiger partial charge in [0.2, 0.25) is 12.5 Å². The van der Waals surface area contributed by atoms with Gasteiger partial charge in [0, 0.05) is 18.4 Å². The minimum atomic E-state index is -2.06. The number of β-amino-alcohol motifs (C(OH)–C–C–N with tert-alkyl or cyclic N) is 1. The lowest BCUT2D eigenvalue weighted by Gasteiger charge is -2.41. The van der Waals surface area contributed by atoms with E-state index in [-0.39, 0.29) is 6.54 Å². The molecule has 0 aliphatic carbocycles. The van der Waals surface area contributed by atoms with Crippen molar-refractivity contribution >= 4 is 5.91 Å². The van der Waals surface area contributed by atoms with E-state index in [1.807, 2.05) is 0 Å². The second-order valence-electron chi connectivity index (χ2n) is 4.09. The molecule has 0 bridgehead atoms. The van der Waals surface area contributed by atoms with Crippen LogP contribution >= 0.6 is 0 Å². The molecule has 9 heteroatoms. The third kappa shape index (κ3) is 3.09. The standard InChI is InChI=1S/C8H15N3O6/c1-4(12)10-7-5(13)6(14)8(15,2-9-7)3-11(16)17/h5-7,9,13-15H,2-3H2,1H3,(H,10,12)/t5-,6+,7+,8-/m0/s1. The first-order valence-corrected chi connectivity index (χ1v) is 4.97. The highest BCUT2D eigenvalue weighted by molar-refractivity contribution is 5.73. The van der Waals surface area contributed by atoms with Crippen molar-refractivity contribution in [2.45, 2.75) is 30.9 Å². The summed E-state index contributed by atoms with van der Waals surface area (Å²) in [7, 11) is 0. The number of aliphatic hydroxyl groups is 3. The third-order valence-electron chi connectivity index (χ3n) is 2.61. The van der Waals surface area contributed by atoms with Crippen molar-refractivity contribution in [1.82, 2.24) is 10.6 Å². The third-order valence-corrected chi connectivity index (χ3v) is 2.61. The molecule has 1 saturated heterocycles. The minimum Gasteiger partial charge on any atom is -0.387 e. The number of rotatable bonds is 3. The van der Waals surface area contributed by atoms with Gasteiger partial charge in [-0.15, -0.1) is 0 Å². The first-order chi connectivity index (χ1) is 7.76. The van der Waals surface area contributed by atoms with Crippen LogP contribution in [0.5, 0.6) is 0 Å². The zero-order valence-corrected chi connectivity index (χ0v) is 9.16. The largest absolute Gasteiger partial charge is 0.387 e. The van der Waals surface area contributed by atoms with E-state index >= 15 is 0 Å². The van der Waals surface area contributed by atoms with Gasteiger partial charge in [0.25, 0.3) is 0 Å². The van der Waals surface area contributed by atoms with Gasteiger partial charge in [0.05, 0.1) is 0 Å². The monoisotopic (exact) mass is 249 g/mol. The van der Waals surface area contributed by atoms with E-state index in [0.29, 0.717) is 0 Å². The molecule has 0 aromatic carbocycles. The Bertz CT molecular complexity index is 324. The normalized spacial score (nSPS) is 37.5. The maximum atomic E-state index is 10.8. The van der Waals surface area contributed by atoms with Crippen molar-refractivity contribution < 1.29 is 25.0 Å². The molecule has 5 N–H and O–H groups in total. The van der Waals surface area contributed by atoms with Crippen LogP contribution in [0.1, 0.15) is 6.92 Å². The minimum absolute atomic E-state index is 0.308. The van der Waals surface area contributed by atoms with Crippen molar-refractivity contribution in [2.75, 3.05) is 13.1 Å². The van der Waals surface area contributed by atoms with Crippen molar-refractivity contribution in [1.29, 1.82) is 0 Å². The van der Waals surface area contributed by atoms with E-state index < -0.39 is 41.4 Å². The van der Waals surface area contributed by atoms with E-state index in [2.05, 4.69) is 10.6 Å². The van der Waals surface area contributed by atoms with Crippen LogP contribution < -0.4 is 10.6 Å². The molecule has 0 aromatic heterocycles. The molecule has 0 unspecified atom stereocenters. The van der Waals surface area contributed by atoms with Crippen LogP contribution in [-0.2, 0) is 4.79 Å². The maximum Gasteiger partial charge on any atom is 0.236 e. The molecule has 0 aromatic rings. The zero-order chi connectivity index (χ0) is 13.2. The quantitative estimate of drug-likeness (QED) is 0.261. The zero-order valence-electron chi connectivity index (χ0n) is 9.16. The number of hydrogen-bond acceptors (Lipinski definition) is 7. The Labute approximate surface area is 96.6 Å². The number of aliphatic hydroxyl groups excluding tert-OH is 2. The highest BCUT2D eigenvalue weighted by Crippen LogP contribution is 2.20. The van der Waals surface area contributed by atoms with Crippen molar-refractivity contribution in [3.63, 3.8) is 0 Å². The van der Waals surface area contributed by atoms with Crippen molar-refractivity contribution in [2.24, 2.45) is 0 Å². The Morgan fingerprint density at radius 2 is 2.24 bits per heavy atom. The van der Waals surface area contributed by atoms with E-state index in [1.165, 1.54) is 6.92 Å². The summed E-state index contributed by atoms with van der Waals surface area (Å²) in [5.74, 6) is -0.437. The first kappa shape index (κ1) is 13.8. The van der Waals surface area contributed by atoms with Gasteiger partial charge < -0.3 is 20.6 Å². The average molecular weight is 249 g/mol. The Kier molecular flexibility index (Phi) is 3.98. The first-order valence-electron chi connectivity index (χ1n) is 4.97. The molecule has 1 heterocycles. The molecular formula is C8H15N3O6. The van der Waals surface area contributed by atoms with E-state index in [0.717, 1.165) is 0 Å². The molecule has 4 atom stereocenters. The fourth-order valence-electron chi connectivity index (χ4n) is 1.74. The highest BCUT2D eigenvalue weighted by Gasteiger charge is 2.50. The summed E-state index contributed by atoms with van der Waals surface area (Å²) in [5, 5.41) is 44.2. The van der Waals surface area contributed by atoms with Crippen LogP contribution in [-0.4, -0.2) is 63.2 Å². The summed E-state index contributed by atoms with van der Waals surface area (Å²) in [6.07, 6.45) is -4.20. The number of nitrogens with zero attached hydrogens (tertiary/aromatic N) is 1. The van der Waals surface area contributed by atoms with Crippen molar-refractivity contribution in [3.8, 4) is 0 Å². The van der Waals surface area contributed by atoms with Gasteiger partial charge in [0.15, 0.2) is 5.60 Å². The van der Waals surface area contributed by atoms with Crippen LogP contribution in [0.3, 0.4) is 0 Å². The van der Waals surface area contributed by atoms with Gasteiger partial charge in [-0.05, 0) is 0 Å². The summed E-state index contributed by atoms with van der Waals surface area (Å²) in [5.41, 5.74) is -2.06. The lowest BCUT2D eigenvalue weighted by Crippen LogP contribution is -2.72. The Balaban J connectivity index is 2.73. The Morgan fingerprint density at radius 1 is 1.65 bits per heavy atom. The molecule has 17 heavy (non-hydrogen) atoms. The number of amides is 1. The number of piperidine rings is 1. The summed E-state index contributed by atoms with van der Waals surface area (Å²) >= 11 is 0. The van der Waals surface area contributed by atoms with Crippen LogP contribution in [0.15, 0.2) is 0 Å². The molecule has 1 rings (SSSR count). The molecule has 1 amide bonds. The van der Waals surface area contributed by atoms with Gasteiger partial charge in [-0.25, -0.2) is 0 Å². The second-order valence-corrected chi connectivity index (χ2v) is 4.09. The SMILES string of the molecule is CC(=O)N[C@H]1NC[C@](O)(C[N+](=O)[O-])[C@H](O)[C@@H]1O. The van der Waals surface area contributed by atoms with Crippen LogP contribution in [0.2, 0.25) is 0 Å². The smallest absolute Gasteiger partial charge is 0.236 e. The summed E-state index contributed by atoms with van der Waals surface area (Å²) in [4.78, 5) is 20.3. The van der Waals surface area contributed by atoms with E-state index in [1.54, 1.807) is 0 Å². The summed E-state index contributed by atoms with van der Waals surface area (Å²) in [6.45, 7) is 0.0147. The number of carbonyl (C=O) groups excluding carboxylic acids is 1. The average Bonchev–Trinajstić information content (AvgIpc) is 2.18. The van der Waals surface area contributed by atoms with Gasteiger partial charge in [-0.1, -0.05) is 0 Å². The Morgan fingerprint density at radius 3 is 2.71 bits per heavy atom. The Hall–Kier alpha value is -1.29. The number of hydrogen-bond donors (Lipinski definition) is 5. The maximum absolute atomic E-state index is 10.8. The number of nitro groups is 1. The lowest BCUT2D eigenvalue weighted by atomic mass is 9.87. The van der Waals surface area contributed by atoms with Crippen molar-refractivity contribution in [3.05, 3.63) is 10.1 Å². The van der Waals surface area contributed by atoms with Crippen LogP contribution in [0, 0.1) is 10.1 Å². The topological polar surface area (TPSA) is 145 Å².